The van der Waals surface area contributed by atoms with Crippen LogP contribution < -0.4 is 5.32 Å². The first-order valence-electron chi connectivity index (χ1n) is 8.54. The average molecular weight is 393 g/mol. The van der Waals surface area contributed by atoms with Crippen LogP contribution in [-0.4, -0.2) is 31.7 Å². The minimum absolute atomic E-state index is 0.118. The second-order valence-corrected chi connectivity index (χ2v) is 8.73. The molecule has 0 bridgehead atoms. The Hall–Kier alpha value is -1.89. The topological polar surface area (TPSA) is 66.5 Å². The van der Waals surface area contributed by atoms with Crippen molar-refractivity contribution >= 4 is 27.5 Å². The summed E-state index contributed by atoms with van der Waals surface area (Å²) in [5.41, 5.74) is 0.951. The number of carbonyl (C=O) groups excluding carboxylic acids is 1. The highest BCUT2D eigenvalue weighted by Gasteiger charge is 2.33. The van der Waals surface area contributed by atoms with Crippen molar-refractivity contribution in [3.8, 4) is 0 Å². The summed E-state index contributed by atoms with van der Waals surface area (Å²) in [4.78, 5) is 12.8. The van der Waals surface area contributed by atoms with Gasteiger partial charge in [0.2, 0.25) is 15.9 Å². The highest BCUT2D eigenvalue weighted by atomic mass is 35.5. The Labute approximate surface area is 159 Å². The third-order valence-electron chi connectivity index (χ3n) is 4.52. The smallest absolute Gasteiger partial charge is 0.243 e. The SMILES string of the molecule is O=C(NCc1ccc(Cl)cc1)C1CCCN(S(=O)(=O)c2ccccc2)C1. The highest BCUT2D eigenvalue weighted by Crippen LogP contribution is 2.24. The van der Waals surface area contributed by atoms with E-state index in [1.54, 1.807) is 42.5 Å². The number of piperidine rings is 1. The molecule has 7 heteroatoms. The Balaban J connectivity index is 1.62. The summed E-state index contributed by atoms with van der Waals surface area (Å²) >= 11 is 5.86. The lowest BCUT2D eigenvalue weighted by molar-refractivity contribution is -0.126. The third-order valence-corrected chi connectivity index (χ3v) is 6.65. The van der Waals surface area contributed by atoms with Crippen molar-refractivity contribution in [2.75, 3.05) is 13.1 Å². The van der Waals surface area contributed by atoms with E-state index in [0.29, 0.717) is 31.0 Å². The van der Waals surface area contributed by atoms with Gasteiger partial charge in [-0.05, 0) is 42.7 Å². The quantitative estimate of drug-likeness (QED) is 0.850. The molecule has 0 aliphatic carbocycles. The van der Waals surface area contributed by atoms with Crippen molar-refractivity contribution in [3.05, 3.63) is 65.2 Å². The standard InChI is InChI=1S/C19H21ClN2O3S/c20-17-10-8-15(9-11-17)13-21-19(23)16-5-4-12-22(14-16)26(24,25)18-6-2-1-3-7-18/h1-3,6-11,16H,4-5,12-14H2,(H,21,23). The van der Waals surface area contributed by atoms with Crippen molar-refractivity contribution in [1.29, 1.82) is 0 Å². The number of halogens is 1. The Morgan fingerprint density at radius 2 is 1.81 bits per heavy atom. The number of carbonyl (C=O) groups is 1. The fraction of sp³-hybridized carbons (Fsp3) is 0.316. The first-order chi connectivity index (χ1) is 12.5. The summed E-state index contributed by atoms with van der Waals surface area (Å²) in [6, 6.07) is 15.6. The molecule has 1 amide bonds. The zero-order valence-corrected chi connectivity index (χ0v) is 15.8. The van der Waals surface area contributed by atoms with Crippen LogP contribution in [0.3, 0.4) is 0 Å². The predicted molar refractivity (Wildman–Crippen MR) is 101 cm³/mol. The minimum Gasteiger partial charge on any atom is -0.352 e. The summed E-state index contributed by atoms with van der Waals surface area (Å²) in [5, 5.41) is 3.54. The summed E-state index contributed by atoms with van der Waals surface area (Å²) in [6.07, 6.45) is 1.36. The van der Waals surface area contributed by atoms with Gasteiger partial charge in [0.1, 0.15) is 0 Å². The van der Waals surface area contributed by atoms with Gasteiger partial charge in [0.05, 0.1) is 10.8 Å². The fourth-order valence-corrected chi connectivity index (χ4v) is 4.72. The summed E-state index contributed by atoms with van der Waals surface area (Å²) in [6.45, 7) is 1.06. The number of rotatable bonds is 5. The molecule has 0 spiro atoms. The molecule has 1 heterocycles. The van der Waals surface area contributed by atoms with Crippen molar-refractivity contribution in [1.82, 2.24) is 9.62 Å². The van der Waals surface area contributed by atoms with Gasteiger partial charge in [-0.1, -0.05) is 41.9 Å². The van der Waals surface area contributed by atoms with E-state index in [1.165, 1.54) is 4.31 Å². The maximum absolute atomic E-state index is 12.7. The van der Waals surface area contributed by atoms with Crippen LogP contribution >= 0.6 is 11.6 Å². The molecule has 2 aromatic rings. The van der Waals surface area contributed by atoms with E-state index in [1.807, 2.05) is 12.1 Å². The molecule has 3 rings (SSSR count). The van der Waals surface area contributed by atoms with E-state index in [0.717, 1.165) is 5.56 Å². The Bertz CT molecular complexity index is 854. The van der Waals surface area contributed by atoms with Gasteiger partial charge in [-0.2, -0.15) is 4.31 Å². The summed E-state index contributed by atoms with van der Waals surface area (Å²) < 4.78 is 26.9. The van der Waals surface area contributed by atoms with Gasteiger partial charge in [0, 0.05) is 24.7 Å². The molecule has 1 aliphatic rings. The van der Waals surface area contributed by atoms with E-state index in [9.17, 15) is 13.2 Å². The van der Waals surface area contributed by atoms with Crippen LogP contribution in [-0.2, 0) is 21.4 Å². The molecule has 1 unspecified atom stereocenters. The van der Waals surface area contributed by atoms with Gasteiger partial charge in [-0.25, -0.2) is 8.42 Å². The van der Waals surface area contributed by atoms with Crippen LogP contribution in [0.15, 0.2) is 59.5 Å². The summed E-state index contributed by atoms with van der Waals surface area (Å²) in [7, 11) is -3.56. The van der Waals surface area contributed by atoms with Crippen LogP contribution in [0.25, 0.3) is 0 Å². The van der Waals surface area contributed by atoms with Gasteiger partial charge in [0.25, 0.3) is 0 Å². The van der Waals surface area contributed by atoms with Gasteiger partial charge in [-0.3, -0.25) is 4.79 Å². The van der Waals surface area contributed by atoms with Gasteiger partial charge < -0.3 is 5.32 Å². The van der Waals surface area contributed by atoms with Crippen molar-refractivity contribution in [2.24, 2.45) is 5.92 Å². The van der Waals surface area contributed by atoms with Crippen molar-refractivity contribution < 1.29 is 13.2 Å². The molecule has 1 N–H and O–H groups in total. The maximum Gasteiger partial charge on any atom is 0.243 e. The minimum atomic E-state index is -3.56. The number of sulfonamides is 1. The molecule has 2 aromatic carbocycles. The molecular formula is C19H21ClN2O3S. The second-order valence-electron chi connectivity index (χ2n) is 6.36. The predicted octanol–water partition coefficient (Wildman–Crippen LogP) is 3.06. The first-order valence-corrected chi connectivity index (χ1v) is 10.4. The third kappa shape index (κ3) is 4.44. The lowest BCUT2D eigenvalue weighted by Crippen LogP contribution is -2.45. The first kappa shape index (κ1) is 18.9. The largest absolute Gasteiger partial charge is 0.352 e. The second kappa shape index (κ2) is 8.20. The van der Waals surface area contributed by atoms with E-state index in [4.69, 9.17) is 11.6 Å². The zero-order chi connectivity index (χ0) is 18.6. The normalized spacial score (nSPS) is 18.4. The van der Waals surface area contributed by atoms with Gasteiger partial charge in [-0.15, -0.1) is 0 Å². The molecule has 0 saturated carbocycles. The molecule has 0 aromatic heterocycles. The van der Waals surface area contributed by atoms with Crippen LogP contribution in [0.5, 0.6) is 0 Å². The van der Waals surface area contributed by atoms with Crippen molar-refractivity contribution in [2.45, 2.75) is 24.3 Å². The molecule has 1 saturated heterocycles. The lowest BCUT2D eigenvalue weighted by Gasteiger charge is -2.31. The van der Waals surface area contributed by atoms with Crippen molar-refractivity contribution in [3.63, 3.8) is 0 Å². The Morgan fingerprint density at radius 1 is 1.12 bits per heavy atom. The molecule has 138 valence electrons. The number of amides is 1. The van der Waals surface area contributed by atoms with E-state index < -0.39 is 10.0 Å². The molecule has 5 nitrogen and oxygen atoms in total. The zero-order valence-electron chi connectivity index (χ0n) is 14.3. The molecule has 1 aliphatic heterocycles. The van der Waals surface area contributed by atoms with Gasteiger partial charge >= 0.3 is 0 Å². The van der Waals surface area contributed by atoms with Crippen LogP contribution in [0.4, 0.5) is 0 Å². The Morgan fingerprint density at radius 3 is 2.50 bits per heavy atom. The molecule has 0 radical (unpaired) electrons. The van der Waals surface area contributed by atoms with E-state index in [-0.39, 0.29) is 23.3 Å². The van der Waals surface area contributed by atoms with E-state index in [2.05, 4.69) is 5.32 Å². The summed E-state index contributed by atoms with van der Waals surface area (Å²) in [5.74, 6) is -0.456. The molecular weight excluding hydrogens is 372 g/mol. The number of benzene rings is 2. The molecule has 1 fully saturated rings. The van der Waals surface area contributed by atoms with Gasteiger partial charge in [0.15, 0.2) is 0 Å². The number of hydrogen-bond acceptors (Lipinski definition) is 3. The maximum atomic E-state index is 12.7. The average Bonchev–Trinajstić information content (AvgIpc) is 2.68. The molecule has 1 atom stereocenters. The number of nitrogens with one attached hydrogen (secondary N) is 1. The fourth-order valence-electron chi connectivity index (χ4n) is 3.05. The van der Waals surface area contributed by atoms with Crippen LogP contribution in [0.1, 0.15) is 18.4 Å². The molecule has 26 heavy (non-hydrogen) atoms. The van der Waals surface area contributed by atoms with Crippen LogP contribution in [0, 0.1) is 5.92 Å². The lowest BCUT2D eigenvalue weighted by atomic mass is 9.99. The Kier molecular flexibility index (Phi) is 5.96. The van der Waals surface area contributed by atoms with E-state index >= 15 is 0 Å². The number of hydrogen-bond donors (Lipinski definition) is 1. The monoisotopic (exact) mass is 392 g/mol. The number of nitrogens with zero attached hydrogens (tertiary/aromatic N) is 1. The highest BCUT2D eigenvalue weighted by molar-refractivity contribution is 7.89. The van der Waals surface area contributed by atoms with Crippen LogP contribution in [0.2, 0.25) is 5.02 Å².